The number of nitrogens with one attached hydrogen (secondary N) is 1. The van der Waals surface area contributed by atoms with Gasteiger partial charge >= 0.3 is 0 Å². The Morgan fingerprint density at radius 3 is 2.83 bits per heavy atom. The van der Waals surface area contributed by atoms with Crippen LogP contribution in [0.15, 0.2) is 0 Å². The van der Waals surface area contributed by atoms with Gasteiger partial charge in [0.2, 0.25) is 0 Å². The monoisotopic (exact) mass is 289 g/mol. The van der Waals surface area contributed by atoms with E-state index in [1.165, 1.54) is 4.88 Å². The molecule has 102 valence electrons. The summed E-state index contributed by atoms with van der Waals surface area (Å²) in [5, 5.41) is 4.03. The molecule has 1 aliphatic heterocycles. The van der Waals surface area contributed by atoms with Gasteiger partial charge in [0.1, 0.15) is 0 Å². The number of aromatic nitrogens is 1. The molecule has 1 aromatic heterocycles. The maximum absolute atomic E-state index is 11.5. The summed E-state index contributed by atoms with van der Waals surface area (Å²) in [6, 6.07) is 0.0722. The third kappa shape index (κ3) is 2.84. The van der Waals surface area contributed by atoms with Gasteiger partial charge in [-0.15, -0.1) is 11.3 Å². The van der Waals surface area contributed by atoms with Crippen molar-refractivity contribution < 1.29 is 8.42 Å². The fourth-order valence-electron chi connectivity index (χ4n) is 2.13. The molecule has 0 amide bonds. The van der Waals surface area contributed by atoms with Gasteiger partial charge in [-0.2, -0.15) is 0 Å². The Kier molecular flexibility index (Phi) is 3.93. The fourth-order valence-corrected chi connectivity index (χ4v) is 5.01. The number of hydrogen-bond acceptors (Lipinski definition) is 6. The van der Waals surface area contributed by atoms with E-state index in [0.717, 1.165) is 17.4 Å². The fraction of sp³-hybridized carbons (Fsp3) is 0.727. The van der Waals surface area contributed by atoms with Crippen LogP contribution in [0.1, 0.15) is 17.0 Å². The SMILES string of the molecule is CNCc1sc(N(C)C2CCS(=O)(=O)C2)nc1C. The van der Waals surface area contributed by atoms with Crippen LogP contribution in [-0.4, -0.2) is 45.0 Å². The Balaban J connectivity index is 2.14. The average molecular weight is 289 g/mol. The van der Waals surface area contributed by atoms with Crippen molar-refractivity contribution in [3.8, 4) is 0 Å². The molecule has 0 radical (unpaired) electrons. The van der Waals surface area contributed by atoms with E-state index in [9.17, 15) is 8.42 Å². The zero-order valence-electron chi connectivity index (χ0n) is 10.9. The molecule has 1 N–H and O–H groups in total. The van der Waals surface area contributed by atoms with Gasteiger partial charge in [-0.3, -0.25) is 0 Å². The van der Waals surface area contributed by atoms with Crippen LogP contribution in [0, 0.1) is 6.92 Å². The van der Waals surface area contributed by atoms with Gasteiger partial charge in [0.15, 0.2) is 15.0 Å². The standard InChI is InChI=1S/C11H19N3O2S2/c1-8-10(6-12-2)17-11(13-8)14(3)9-4-5-18(15,16)7-9/h9,12H,4-7H2,1-3H3. The van der Waals surface area contributed by atoms with Crippen LogP contribution in [0.2, 0.25) is 0 Å². The van der Waals surface area contributed by atoms with Crippen molar-refractivity contribution in [1.29, 1.82) is 0 Å². The maximum Gasteiger partial charge on any atom is 0.185 e. The molecule has 1 aromatic rings. The lowest BCUT2D eigenvalue weighted by atomic mass is 10.2. The van der Waals surface area contributed by atoms with Gasteiger partial charge in [0, 0.05) is 24.5 Å². The first-order valence-electron chi connectivity index (χ1n) is 5.97. The predicted octanol–water partition coefficient (Wildman–Crippen LogP) is 0.794. The Hall–Kier alpha value is -0.660. The molecule has 0 bridgehead atoms. The molecule has 1 atom stereocenters. The van der Waals surface area contributed by atoms with Gasteiger partial charge in [-0.05, 0) is 20.4 Å². The van der Waals surface area contributed by atoms with Crippen LogP contribution in [0.5, 0.6) is 0 Å². The highest BCUT2D eigenvalue weighted by Crippen LogP contribution is 2.29. The van der Waals surface area contributed by atoms with E-state index in [2.05, 4.69) is 10.3 Å². The highest BCUT2D eigenvalue weighted by Gasteiger charge is 2.31. The number of aryl methyl sites for hydroxylation is 1. The van der Waals surface area contributed by atoms with E-state index in [1.54, 1.807) is 11.3 Å². The number of rotatable bonds is 4. The van der Waals surface area contributed by atoms with E-state index in [-0.39, 0.29) is 11.8 Å². The summed E-state index contributed by atoms with van der Waals surface area (Å²) in [6.45, 7) is 2.80. The average Bonchev–Trinajstić information content (AvgIpc) is 2.83. The van der Waals surface area contributed by atoms with Crippen LogP contribution in [0.3, 0.4) is 0 Å². The molecule has 18 heavy (non-hydrogen) atoms. The third-order valence-electron chi connectivity index (χ3n) is 3.28. The maximum atomic E-state index is 11.5. The molecule has 0 spiro atoms. The minimum Gasteiger partial charge on any atom is -0.347 e. The number of anilines is 1. The van der Waals surface area contributed by atoms with Crippen molar-refractivity contribution in [3.05, 3.63) is 10.6 Å². The summed E-state index contributed by atoms with van der Waals surface area (Å²) < 4.78 is 23.0. The summed E-state index contributed by atoms with van der Waals surface area (Å²) in [5.41, 5.74) is 1.03. The first kappa shape index (κ1) is 13.8. The van der Waals surface area contributed by atoms with Crippen molar-refractivity contribution in [2.24, 2.45) is 0 Å². The van der Waals surface area contributed by atoms with Crippen molar-refractivity contribution in [3.63, 3.8) is 0 Å². The summed E-state index contributed by atoms with van der Waals surface area (Å²) in [5.74, 6) is 0.555. The smallest absolute Gasteiger partial charge is 0.185 e. The summed E-state index contributed by atoms with van der Waals surface area (Å²) >= 11 is 1.64. The molecule has 1 saturated heterocycles. The second kappa shape index (κ2) is 5.14. The van der Waals surface area contributed by atoms with Gasteiger partial charge in [-0.1, -0.05) is 0 Å². The van der Waals surface area contributed by atoms with Crippen molar-refractivity contribution in [1.82, 2.24) is 10.3 Å². The molecule has 5 nitrogen and oxygen atoms in total. The lowest BCUT2D eigenvalue weighted by Crippen LogP contribution is -2.32. The number of sulfone groups is 1. The predicted molar refractivity (Wildman–Crippen MR) is 75.1 cm³/mol. The van der Waals surface area contributed by atoms with Crippen LogP contribution in [0.4, 0.5) is 5.13 Å². The van der Waals surface area contributed by atoms with Crippen LogP contribution in [-0.2, 0) is 16.4 Å². The van der Waals surface area contributed by atoms with Crippen molar-refractivity contribution in [2.45, 2.75) is 25.9 Å². The van der Waals surface area contributed by atoms with Crippen LogP contribution >= 0.6 is 11.3 Å². The largest absolute Gasteiger partial charge is 0.347 e. The number of nitrogens with zero attached hydrogens (tertiary/aromatic N) is 2. The topological polar surface area (TPSA) is 62.3 Å². The second-order valence-electron chi connectivity index (χ2n) is 4.70. The molecular formula is C11H19N3O2S2. The second-order valence-corrected chi connectivity index (χ2v) is 7.99. The van der Waals surface area contributed by atoms with Gasteiger partial charge in [-0.25, -0.2) is 13.4 Å². The number of thiazole rings is 1. The molecule has 0 aromatic carbocycles. The van der Waals surface area contributed by atoms with E-state index < -0.39 is 9.84 Å². The lowest BCUT2D eigenvalue weighted by Gasteiger charge is -2.22. The van der Waals surface area contributed by atoms with E-state index in [1.807, 2.05) is 25.9 Å². The molecular weight excluding hydrogens is 270 g/mol. The van der Waals surface area contributed by atoms with Crippen molar-refractivity contribution >= 4 is 26.3 Å². The third-order valence-corrected chi connectivity index (χ3v) is 6.27. The molecule has 2 heterocycles. The van der Waals surface area contributed by atoms with E-state index in [4.69, 9.17) is 0 Å². The number of hydrogen-bond donors (Lipinski definition) is 1. The van der Waals surface area contributed by atoms with Crippen molar-refractivity contribution in [2.75, 3.05) is 30.5 Å². The minimum absolute atomic E-state index is 0.0722. The highest BCUT2D eigenvalue weighted by atomic mass is 32.2. The molecule has 0 aliphatic carbocycles. The minimum atomic E-state index is -2.84. The molecule has 2 rings (SSSR count). The highest BCUT2D eigenvalue weighted by molar-refractivity contribution is 7.91. The molecule has 7 heteroatoms. The summed E-state index contributed by atoms with van der Waals surface area (Å²) in [6.07, 6.45) is 0.707. The summed E-state index contributed by atoms with van der Waals surface area (Å²) in [7, 11) is 1.01. The van der Waals surface area contributed by atoms with Crippen LogP contribution < -0.4 is 10.2 Å². The molecule has 0 saturated carbocycles. The molecule has 1 fully saturated rings. The zero-order valence-corrected chi connectivity index (χ0v) is 12.6. The molecule has 1 unspecified atom stereocenters. The lowest BCUT2D eigenvalue weighted by molar-refractivity contribution is 0.601. The normalized spacial score (nSPS) is 22.3. The first-order chi connectivity index (χ1) is 8.43. The molecule has 1 aliphatic rings. The first-order valence-corrected chi connectivity index (χ1v) is 8.61. The zero-order chi connectivity index (χ0) is 13.3. The quantitative estimate of drug-likeness (QED) is 0.888. The Bertz CT molecular complexity index is 524. The summed E-state index contributed by atoms with van der Waals surface area (Å²) in [4.78, 5) is 7.75. The van der Waals surface area contributed by atoms with Gasteiger partial charge < -0.3 is 10.2 Å². The Labute approximate surface area is 112 Å². The van der Waals surface area contributed by atoms with Crippen LogP contribution in [0.25, 0.3) is 0 Å². The van der Waals surface area contributed by atoms with E-state index >= 15 is 0 Å². The Morgan fingerprint density at radius 2 is 2.28 bits per heavy atom. The van der Waals surface area contributed by atoms with E-state index in [0.29, 0.717) is 12.2 Å². The van der Waals surface area contributed by atoms with Gasteiger partial charge in [0.25, 0.3) is 0 Å². The Morgan fingerprint density at radius 1 is 1.56 bits per heavy atom. The van der Waals surface area contributed by atoms with Gasteiger partial charge in [0.05, 0.1) is 17.2 Å².